The van der Waals surface area contributed by atoms with Crippen molar-refractivity contribution >= 4 is 22.6 Å². The van der Waals surface area contributed by atoms with Crippen molar-refractivity contribution in [1.29, 1.82) is 0 Å². The molecule has 0 aliphatic rings. The van der Waals surface area contributed by atoms with Gasteiger partial charge in [0, 0.05) is 11.3 Å². The van der Waals surface area contributed by atoms with Crippen molar-refractivity contribution in [3.05, 3.63) is 60.2 Å². The fraction of sp³-hybridized carbons (Fsp3) is 0.111. The second kappa shape index (κ2) is 6.41. The number of fused-ring (bicyclic) bond motifs is 1. The molecule has 0 saturated carbocycles. The molecule has 130 valence electrons. The van der Waals surface area contributed by atoms with Crippen LogP contribution in [0.2, 0.25) is 0 Å². The Labute approximate surface area is 148 Å². The van der Waals surface area contributed by atoms with Crippen molar-refractivity contribution in [1.82, 2.24) is 25.1 Å². The van der Waals surface area contributed by atoms with Gasteiger partial charge in [-0.05, 0) is 31.2 Å². The van der Waals surface area contributed by atoms with E-state index in [1.54, 1.807) is 37.3 Å². The number of benzene rings is 2. The Balaban J connectivity index is 1.64. The molecule has 8 nitrogen and oxygen atoms in total. The van der Waals surface area contributed by atoms with Crippen LogP contribution in [0, 0.1) is 0 Å². The normalized spacial score (nSPS) is 12.2. The molecule has 4 rings (SSSR count). The fourth-order valence-corrected chi connectivity index (χ4v) is 2.73. The lowest BCUT2D eigenvalue weighted by molar-refractivity contribution is 0.102. The molecule has 0 aliphatic heterocycles. The van der Waals surface area contributed by atoms with Crippen LogP contribution in [-0.2, 0) is 0 Å². The number of aromatic amines is 2. The quantitative estimate of drug-likeness (QED) is 0.452. The van der Waals surface area contributed by atoms with Gasteiger partial charge in [0.15, 0.2) is 5.82 Å². The van der Waals surface area contributed by atoms with Crippen LogP contribution in [0.4, 0.5) is 5.69 Å². The van der Waals surface area contributed by atoms with Crippen LogP contribution in [0.15, 0.2) is 48.8 Å². The highest BCUT2D eigenvalue weighted by Crippen LogP contribution is 2.23. The monoisotopic (exact) mass is 348 g/mol. The Morgan fingerprint density at radius 2 is 2.08 bits per heavy atom. The van der Waals surface area contributed by atoms with Gasteiger partial charge in [-0.15, -0.1) is 0 Å². The first-order chi connectivity index (χ1) is 12.6. The molecule has 2 heterocycles. The van der Waals surface area contributed by atoms with Crippen LogP contribution < -0.4 is 5.32 Å². The highest BCUT2D eigenvalue weighted by molar-refractivity contribution is 6.08. The Hall–Kier alpha value is -3.52. The Morgan fingerprint density at radius 3 is 2.85 bits per heavy atom. The number of imidazole rings is 1. The molecule has 4 aromatic rings. The molecule has 8 heteroatoms. The summed E-state index contributed by atoms with van der Waals surface area (Å²) in [6, 6.07) is 12.5. The maximum atomic E-state index is 12.7. The van der Waals surface area contributed by atoms with Gasteiger partial charge in [-0.2, -0.15) is 5.10 Å². The number of rotatable bonds is 4. The van der Waals surface area contributed by atoms with E-state index in [0.29, 0.717) is 28.5 Å². The summed E-state index contributed by atoms with van der Waals surface area (Å²) in [4.78, 5) is 24.2. The van der Waals surface area contributed by atoms with Crippen molar-refractivity contribution in [2.45, 2.75) is 13.0 Å². The standard InChI is InChI=1S/C18H16N6O2/c1-10(25)16-22-14-7-6-11(8-15(14)23-16)21-18(26)13-5-3-2-4-12(13)17-19-9-20-24-17/h2-10,25H,1H3,(H,21,26)(H,22,23)(H,19,20,24). The van der Waals surface area contributed by atoms with E-state index >= 15 is 0 Å². The van der Waals surface area contributed by atoms with E-state index in [1.807, 2.05) is 12.1 Å². The lowest BCUT2D eigenvalue weighted by atomic mass is 10.1. The number of nitrogens with zero attached hydrogens (tertiary/aromatic N) is 3. The first-order valence-electron chi connectivity index (χ1n) is 8.05. The zero-order valence-corrected chi connectivity index (χ0v) is 13.9. The lowest BCUT2D eigenvalue weighted by Gasteiger charge is -2.08. The highest BCUT2D eigenvalue weighted by atomic mass is 16.3. The van der Waals surface area contributed by atoms with Gasteiger partial charge in [0.25, 0.3) is 5.91 Å². The van der Waals surface area contributed by atoms with E-state index in [2.05, 4.69) is 30.5 Å². The minimum absolute atomic E-state index is 0.258. The molecule has 0 spiro atoms. The summed E-state index contributed by atoms with van der Waals surface area (Å²) < 4.78 is 0. The third kappa shape index (κ3) is 2.93. The zero-order valence-electron chi connectivity index (χ0n) is 13.9. The molecule has 4 N–H and O–H groups in total. The number of carbonyl (C=O) groups is 1. The Morgan fingerprint density at radius 1 is 1.23 bits per heavy atom. The average Bonchev–Trinajstić information content (AvgIpc) is 3.31. The molecule has 0 aliphatic carbocycles. The molecule has 2 aromatic carbocycles. The number of aliphatic hydroxyl groups is 1. The number of aromatic nitrogens is 5. The van der Waals surface area contributed by atoms with Crippen molar-refractivity contribution < 1.29 is 9.90 Å². The van der Waals surface area contributed by atoms with Crippen LogP contribution in [0.1, 0.15) is 29.2 Å². The van der Waals surface area contributed by atoms with Gasteiger partial charge in [-0.25, -0.2) is 9.97 Å². The summed E-state index contributed by atoms with van der Waals surface area (Å²) in [5, 5.41) is 19.1. The first kappa shape index (κ1) is 16.0. The first-order valence-corrected chi connectivity index (χ1v) is 8.05. The zero-order chi connectivity index (χ0) is 18.1. The number of hydrogen-bond acceptors (Lipinski definition) is 5. The van der Waals surface area contributed by atoms with E-state index in [1.165, 1.54) is 6.33 Å². The fourth-order valence-electron chi connectivity index (χ4n) is 2.73. The molecule has 1 amide bonds. The minimum atomic E-state index is -0.686. The summed E-state index contributed by atoms with van der Waals surface area (Å²) in [7, 11) is 0. The smallest absolute Gasteiger partial charge is 0.256 e. The number of H-pyrrole nitrogens is 2. The van der Waals surface area contributed by atoms with Crippen molar-refractivity contribution in [3.63, 3.8) is 0 Å². The summed E-state index contributed by atoms with van der Waals surface area (Å²) in [6.45, 7) is 1.64. The number of hydrogen-bond donors (Lipinski definition) is 4. The molecule has 26 heavy (non-hydrogen) atoms. The Kier molecular flexibility index (Phi) is 3.94. The maximum absolute atomic E-state index is 12.7. The highest BCUT2D eigenvalue weighted by Gasteiger charge is 2.15. The molecule has 1 atom stereocenters. The van der Waals surface area contributed by atoms with E-state index in [0.717, 1.165) is 11.0 Å². The number of amides is 1. The summed E-state index contributed by atoms with van der Waals surface area (Å²) in [6.07, 6.45) is 0.713. The predicted molar refractivity (Wildman–Crippen MR) is 96.5 cm³/mol. The lowest BCUT2D eigenvalue weighted by Crippen LogP contribution is -2.13. The molecular formula is C18H16N6O2. The van der Waals surface area contributed by atoms with Crippen LogP contribution in [0.5, 0.6) is 0 Å². The molecule has 0 saturated heterocycles. The molecule has 0 fully saturated rings. The van der Waals surface area contributed by atoms with Crippen LogP contribution in [-0.4, -0.2) is 36.2 Å². The van der Waals surface area contributed by atoms with Gasteiger partial charge >= 0.3 is 0 Å². The molecule has 2 aromatic heterocycles. The minimum Gasteiger partial charge on any atom is -0.385 e. The number of nitrogens with one attached hydrogen (secondary N) is 3. The van der Waals surface area contributed by atoms with Gasteiger partial charge in [-0.1, -0.05) is 18.2 Å². The average molecular weight is 348 g/mol. The van der Waals surface area contributed by atoms with Gasteiger partial charge in [0.1, 0.15) is 18.3 Å². The summed E-state index contributed by atoms with van der Waals surface area (Å²) in [5.41, 5.74) is 3.24. The predicted octanol–water partition coefficient (Wildman–Crippen LogP) is 2.65. The van der Waals surface area contributed by atoms with E-state index in [4.69, 9.17) is 0 Å². The molecule has 0 bridgehead atoms. The number of aliphatic hydroxyl groups excluding tert-OH is 1. The van der Waals surface area contributed by atoms with Gasteiger partial charge in [-0.3, -0.25) is 9.89 Å². The van der Waals surface area contributed by atoms with E-state index in [9.17, 15) is 9.90 Å². The van der Waals surface area contributed by atoms with Crippen molar-refractivity contribution in [2.24, 2.45) is 0 Å². The molecule has 1 unspecified atom stereocenters. The van der Waals surface area contributed by atoms with Crippen molar-refractivity contribution in [3.8, 4) is 11.4 Å². The topological polar surface area (TPSA) is 120 Å². The maximum Gasteiger partial charge on any atom is 0.256 e. The van der Waals surface area contributed by atoms with E-state index < -0.39 is 6.10 Å². The third-order valence-electron chi connectivity index (χ3n) is 4.00. The number of carbonyl (C=O) groups excluding carboxylic acids is 1. The SMILES string of the molecule is CC(O)c1nc2ccc(NC(=O)c3ccccc3-c3ncn[nH]3)cc2[nH]1. The van der Waals surface area contributed by atoms with Gasteiger partial charge in [0.05, 0.1) is 16.6 Å². The summed E-state index contributed by atoms with van der Waals surface area (Å²) in [5.74, 6) is 0.757. The molecule has 0 radical (unpaired) electrons. The van der Waals surface area contributed by atoms with Crippen LogP contribution in [0.25, 0.3) is 22.4 Å². The second-order valence-corrected chi connectivity index (χ2v) is 5.86. The third-order valence-corrected chi connectivity index (χ3v) is 4.00. The van der Waals surface area contributed by atoms with E-state index in [-0.39, 0.29) is 5.91 Å². The Bertz CT molecular complexity index is 1070. The second-order valence-electron chi connectivity index (χ2n) is 5.86. The van der Waals surface area contributed by atoms with Crippen LogP contribution in [0.3, 0.4) is 0 Å². The van der Waals surface area contributed by atoms with Crippen molar-refractivity contribution in [2.75, 3.05) is 5.32 Å². The largest absolute Gasteiger partial charge is 0.385 e. The van der Waals surface area contributed by atoms with Crippen LogP contribution >= 0.6 is 0 Å². The van der Waals surface area contributed by atoms with Gasteiger partial charge < -0.3 is 15.4 Å². The number of anilines is 1. The van der Waals surface area contributed by atoms with Gasteiger partial charge in [0.2, 0.25) is 0 Å². The summed E-state index contributed by atoms with van der Waals surface area (Å²) >= 11 is 0. The molecular weight excluding hydrogens is 332 g/mol.